The summed E-state index contributed by atoms with van der Waals surface area (Å²) in [6.45, 7) is 2.17. The zero-order chi connectivity index (χ0) is 13.5. The first-order valence-corrected chi connectivity index (χ1v) is 7.71. The number of allylic oxidation sites excluding steroid dienone is 1. The van der Waals surface area contributed by atoms with Crippen molar-refractivity contribution < 1.29 is 0 Å². The molecule has 1 unspecified atom stereocenters. The molecule has 1 N–H and O–H groups in total. The molecule has 0 aromatic heterocycles. The summed E-state index contributed by atoms with van der Waals surface area (Å²) < 4.78 is 0. The van der Waals surface area contributed by atoms with Gasteiger partial charge in [0.1, 0.15) is 0 Å². The Morgan fingerprint density at radius 2 is 2.00 bits per heavy atom. The molecule has 0 radical (unpaired) electrons. The molecule has 1 aromatic rings. The van der Waals surface area contributed by atoms with Crippen molar-refractivity contribution >= 4 is 0 Å². The highest BCUT2D eigenvalue weighted by atomic mass is 14.9. The van der Waals surface area contributed by atoms with Gasteiger partial charge in [-0.1, -0.05) is 54.3 Å². The topological polar surface area (TPSA) is 12.0 Å². The van der Waals surface area contributed by atoms with Crippen LogP contribution in [-0.4, -0.2) is 13.1 Å². The second-order valence-corrected chi connectivity index (χ2v) is 5.77. The SMILES string of the molecule is CNC(Cc1cccc(C)c1)/C1=C/CCCCCC1. The first-order chi connectivity index (χ1) is 9.29. The molecule has 0 bridgehead atoms. The van der Waals surface area contributed by atoms with Crippen molar-refractivity contribution in [3.05, 3.63) is 47.0 Å². The minimum Gasteiger partial charge on any atom is -0.313 e. The van der Waals surface area contributed by atoms with Gasteiger partial charge in [-0.2, -0.15) is 0 Å². The summed E-state index contributed by atoms with van der Waals surface area (Å²) in [6.07, 6.45) is 11.7. The summed E-state index contributed by atoms with van der Waals surface area (Å²) in [6, 6.07) is 9.42. The molecule has 0 saturated carbocycles. The minimum absolute atomic E-state index is 0.514. The van der Waals surface area contributed by atoms with Gasteiger partial charge in [0.05, 0.1) is 0 Å². The van der Waals surface area contributed by atoms with Crippen LogP contribution in [0.3, 0.4) is 0 Å². The van der Waals surface area contributed by atoms with Crippen molar-refractivity contribution in [2.24, 2.45) is 0 Å². The summed E-state index contributed by atoms with van der Waals surface area (Å²) in [5.41, 5.74) is 4.44. The molecule has 1 aliphatic rings. The monoisotopic (exact) mass is 257 g/mol. The molecule has 104 valence electrons. The average Bonchev–Trinajstić information content (AvgIpc) is 2.36. The van der Waals surface area contributed by atoms with Gasteiger partial charge in [-0.15, -0.1) is 0 Å². The van der Waals surface area contributed by atoms with E-state index >= 15 is 0 Å². The lowest BCUT2D eigenvalue weighted by Crippen LogP contribution is -2.30. The average molecular weight is 257 g/mol. The van der Waals surface area contributed by atoms with Gasteiger partial charge in [0, 0.05) is 6.04 Å². The van der Waals surface area contributed by atoms with Crippen LogP contribution >= 0.6 is 0 Å². The molecule has 0 amide bonds. The van der Waals surface area contributed by atoms with Crippen molar-refractivity contribution in [1.29, 1.82) is 0 Å². The van der Waals surface area contributed by atoms with Crippen LogP contribution in [0.15, 0.2) is 35.9 Å². The molecule has 19 heavy (non-hydrogen) atoms. The van der Waals surface area contributed by atoms with Crippen LogP contribution in [-0.2, 0) is 6.42 Å². The molecule has 0 spiro atoms. The van der Waals surface area contributed by atoms with Gasteiger partial charge >= 0.3 is 0 Å². The quantitative estimate of drug-likeness (QED) is 0.788. The Hall–Kier alpha value is -1.08. The number of aryl methyl sites for hydroxylation is 1. The predicted octanol–water partition coefficient (Wildman–Crippen LogP) is 4.41. The minimum atomic E-state index is 0.514. The van der Waals surface area contributed by atoms with E-state index in [1.807, 2.05) is 0 Å². The van der Waals surface area contributed by atoms with Gasteiger partial charge in [0.25, 0.3) is 0 Å². The highest BCUT2D eigenvalue weighted by molar-refractivity contribution is 5.25. The number of benzene rings is 1. The second-order valence-electron chi connectivity index (χ2n) is 5.77. The lowest BCUT2D eigenvalue weighted by atomic mass is 9.91. The van der Waals surface area contributed by atoms with E-state index in [9.17, 15) is 0 Å². The molecular formula is C18H27N. The maximum atomic E-state index is 3.52. The van der Waals surface area contributed by atoms with E-state index in [0.29, 0.717) is 6.04 Å². The lowest BCUT2D eigenvalue weighted by Gasteiger charge is -2.22. The van der Waals surface area contributed by atoms with Crippen molar-refractivity contribution in [1.82, 2.24) is 5.32 Å². The highest BCUT2D eigenvalue weighted by Gasteiger charge is 2.13. The Labute approximate surface area is 118 Å². The molecule has 1 aliphatic carbocycles. The first-order valence-electron chi connectivity index (χ1n) is 7.71. The molecule has 0 aliphatic heterocycles. The van der Waals surface area contributed by atoms with Crippen LogP contribution < -0.4 is 5.32 Å². The highest BCUT2D eigenvalue weighted by Crippen LogP contribution is 2.21. The van der Waals surface area contributed by atoms with Crippen molar-refractivity contribution in [2.75, 3.05) is 7.05 Å². The molecule has 1 atom stereocenters. The normalized spacial score (nSPS) is 21.1. The van der Waals surface area contributed by atoms with E-state index in [-0.39, 0.29) is 0 Å². The van der Waals surface area contributed by atoms with E-state index in [2.05, 4.69) is 49.6 Å². The van der Waals surface area contributed by atoms with Crippen molar-refractivity contribution in [3.8, 4) is 0 Å². The van der Waals surface area contributed by atoms with E-state index < -0.39 is 0 Å². The zero-order valence-electron chi connectivity index (χ0n) is 12.4. The van der Waals surface area contributed by atoms with Crippen LogP contribution in [0.4, 0.5) is 0 Å². The number of nitrogens with one attached hydrogen (secondary N) is 1. The standard InChI is InChI=1S/C18H27N/c1-15-9-8-10-16(13-15)14-18(19-2)17-11-6-4-3-5-7-12-17/h8-11,13,18-19H,3-7,12,14H2,1-2H3/b17-11+. The molecule has 2 rings (SSSR count). The molecule has 1 aromatic carbocycles. The molecular weight excluding hydrogens is 230 g/mol. The Morgan fingerprint density at radius 3 is 2.79 bits per heavy atom. The van der Waals surface area contributed by atoms with Gasteiger partial charge in [-0.3, -0.25) is 0 Å². The number of hydrogen-bond acceptors (Lipinski definition) is 1. The van der Waals surface area contributed by atoms with Crippen LogP contribution in [0.5, 0.6) is 0 Å². The predicted molar refractivity (Wildman–Crippen MR) is 83.5 cm³/mol. The Balaban J connectivity index is 2.06. The van der Waals surface area contributed by atoms with Crippen LogP contribution in [0.25, 0.3) is 0 Å². The second kappa shape index (κ2) is 7.49. The largest absolute Gasteiger partial charge is 0.313 e. The Kier molecular flexibility index (Phi) is 5.65. The van der Waals surface area contributed by atoms with Crippen molar-refractivity contribution in [3.63, 3.8) is 0 Å². The maximum Gasteiger partial charge on any atom is 0.0317 e. The summed E-state index contributed by atoms with van der Waals surface area (Å²) in [7, 11) is 2.10. The van der Waals surface area contributed by atoms with Gasteiger partial charge in [0.2, 0.25) is 0 Å². The van der Waals surface area contributed by atoms with E-state index in [4.69, 9.17) is 0 Å². The molecule has 1 heteroatoms. The number of rotatable bonds is 4. The summed E-state index contributed by atoms with van der Waals surface area (Å²) in [4.78, 5) is 0. The van der Waals surface area contributed by atoms with Crippen LogP contribution in [0.2, 0.25) is 0 Å². The smallest absolute Gasteiger partial charge is 0.0317 e. The fraction of sp³-hybridized carbons (Fsp3) is 0.556. The third kappa shape index (κ3) is 4.50. The Morgan fingerprint density at radius 1 is 1.16 bits per heavy atom. The summed E-state index contributed by atoms with van der Waals surface area (Å²) in [5, 5.41) is 3.52. The van der Waals surface area contributed by atoms with Crippen LogP contribution in [0, 0.1) is 6.92 Å². The fourth-order valence-electron chi connectivity index (χ4n) is 3.03. The van der Waals surface area contributed by atoms with Gasteiger partial charge in [0.15, 0.2) is 0 Å². The third-order valence-corrected chi connectivity index (χ3v) is 4.14. The molecule has 0 heterocycles. The number of hydrogen-bond donors (Lipinski definition) is 1. The molecule has 0 saturated heterocycles. The van der Waals surface area contributed by atoms with Crippen molar-refractivity contribution in [2.45, 2.75) is 57.9 Å². The van der Waals surface area contributed by atoms with E-state index in [1.165, 1.54) is 49.7 Å². The third-order valence-electron chi connectivity index (χ3n) is 4.14. The lowest BCUT2D eigenvalue weighted by molar-refractivity contribution is 0.557. The number of likely N-dealkylation sites (N-methyl/N-ethyl adjacent to an activating group) is 1. The summed E-state index contributed by atoms with van der Waals surface area (Å²) >= 11 is 0. The van der Waals surface area contributed by atoms with E-state index in [0.717, 1.165) is 6.42 Å². The maximum absolute atomic E-state index is 3.52. The van der Waals surface area contributed by atoms with Gasteiger partial charge in [-0.05, 0) is 51.6 Å². The first kappa shape index (κ1) is 14.3. The van der Waals surface area contributed by atoms with Crippen LogP contribution in [0.1, 0.15) is 49.7 Å². The molecule has 0 fully saturated rings. The summed E-state index contributed by atoms with van der Waals surface area (Å²) in [5.74, 6) is 0. The van der Waals surface area contributed by atoms with Gasteiger partial charge in [-0.25, -0.2) is 0 Å². The zero-order valence-corrected chi connectivity index (χ0v) is 12.4. The van der Waals surface area contributed by atoms with E-state index in [1.54, 1.807) is 5.57 Å². The molecule has 1 nitrogen and oxygen atoms in total. The fourth-order valence-corrected chi connectivity index (χ4v) is 3.03. The van der Waals surface area contributed by atoms with Gasteiger partial charge < -0.3 is 5.32 Å². The Bertz CT molecular complexity index is 419.